The van der Waals surface area contributed by atoms with Crippen molar-refractivity contribution in [3.05, 3.63) is 100 Å². The first-order valence-corrected chi connectivity index (χ1v) is 10.3. The Bertz CT molecular complexity index is 979. The zero-order valence-corrected chi connectivity index (χ0v) is 17.3. The van der Waals surface area contributed by atoms with Gasteiger partial charge in [-0.15, -0.1) is 0 Å². The summed E-state index contributed by atoms with van der Waals surface area (Å²) in [5.74, 6) is -0.242. The highest BCUT2D eigenvalue weighted by Gasteiger charge is 2.10. The number of halogens is 1. The molecule has 3 rings (SSSR count). The summed E-state index contributed by atoms with van der Waals surface area (Å²) in [6.45, 7) is 1.40. The van der Waals surface area contributed by atoms with E-state index in [2.05, 4.69) is 11.4 Å². The van der Waals surface area contributed by atoms with Crippen LogP contribution in [0.5, 0.6) is 5.75 Å². The molecule has 31 heavy (non-hydrogen) atoms. The Balaban J connectivity index is 1.42. The van der Waals surface area contributed by atoms with Crippen LogP contribution in [0.4, 0.5) is 4.39 Å². The monoisotopic (exact) mass is 425 g/mol. The fourth-order valence-electron chi connectivity index (χ4n) is 3.30. The number of benzene rings is 3. The van der Waals surface area contributed by atoms with E-state index in [-0.39, 0.29) is 24.8 Å². The Morgan fingerprint density at radius 1 is 0.903 bits per heavy atom. The number of aromatic hydroxyl groups is 1. The van der Waals surface area contributed by atoms with Gasteiger partial charge >= 0.3 is 0 Å². The summed E-state index contributed by atoms with van der Waals surface area (Å²) in [5.41, 5.74) is 3.74. The molecule has 0 aliphatic rings. The van der Waals surface area contributed by atoms with Gasteiger partial charge in [0.15, 0.2) is 0 Å². The molecule has 0 spiro atoms. The van der Waals surface area contributed by atoms with Crippen molar-refractivity contribution in [3.8, 4) is 5.75 Å². The second-order valence-corrected chi connectivity index (χ2v) is 7.42. The van der Waals surface area contributed by atoms with Gasteiger partial charge in [0.05, 0.1) is 25.9 Å². The molecule has 3 aromatic carbocycles. The number of nitrogens with one attached hydrogen (secondary N) is 1. The molecule has 0 amide bonds. The van der Waals surface area contributed by atoms with Crippen LogP contribution in [0.15, 0.2) is 66.7 Å². The van der Waals surface area contributed by atoms with Crippen molar-refractivity contribution in [3.63, 3.8) is 0 Å². The first kappa shape index (κ1) is 22.9. The zero-order valence-electron chi connectivity index (χ0n) is 17.3. The van der Waals surface area contributed by atoms with Gasteiger partial charge in [0.1, 0.15) is 11.6 Å². The first-order chi connectivity index (χ1) is 15.1. The lowest BCUT2D eigenvalue weighted by molar-refractivity contribution is 0.105. The van der Waals surface area contributed by atoms with Crippen LogP contribution < -0.4 is 5.32 Å². The summed E-state index contributed by atoms with van der Waals surface area (Å²) >= 11 is 0. The van der Waals surface area contributed by atoms with Crippen LogP contribution in [0, 0.1) is 5.82 Å². The summed E-state index contributed by atoms with van der Waals surface area (Å²) in [7, 11) is 0. The minimum absolute atomic E-state index is 0.0178. The number of ether oxygens (including phenoxy) is 1. The maximum atomic E-state index is 13.6. The Kier molecular flexibility index (Phi) is 8.55. The average molecular weight is 426 g/mol. The molecule has 0 heterocycles. The molecule has 0 fully saturated rings. The summed E-state index contributed by atoms with van der Waals surface area (Å²) in [4.78, 5) is 0. The van der Waals surface area contributed by atoms with Crippen molar-refractivity contribution >= 4 is 0 Å². The third-order valence-corrected chi connectivity index (χ3v) is 5.06. The number of aliphatic hydroxyl groups is 2. The van der Waals surface area contributed by atoms with E-state index in [1.165, 1.54) is 12.1 Å². The second-order valence-electron chi connectivity index (χ2n) is 7.42. The molecule has 6 heteroatoms. The maximum absolute atomic E-state index is 13.6. The highest BCUT2D eigenvalue weighted by molar-refractivity contribution is 5.36. The lowest BCUT2D eigenvalue weighted by atomic mass is 10.0. The van der Waals surface area contributed by atoms with Crippen molar-refractivity contribution in [1.29, 1.82) is 0 Å². The van der Waals surface area contributed by atoms with Gasteiger partial charge in [0.25, 0.3) is 0 Å². The molecule has 0 aromatic heterocycles. The van der Waals surface area contributed by atoms with Crippen LogP contribution >= 0.6 is 0 Å². The van der Waals surface area contributed by atoms with E-state index in [0.717, 1.165) is 17.5 Å². The highest BCUT2D eigenvalue weighted by Crippen LogP contribution is 2.22. The predicted octanol–water partition coefficient (Wildman–Crippen LogP) is 3.61. The molecule has 0 bridgehead atoms. The third kappa shape index (κ3) is 6.87. The van der Waals surface area contributed by atoms with E-state index in [1.807, 2.05) is 18.2 Å². The van der Waals surface area contributed by atoms with E-state index in [1.54, 1.807) is 30.3 Å². The van der Waals surface area contributed by atoms with Crippen molar-refractivity contribution < 1.29 is 24.4 Å². The topological polar surface area (TPSA) is 82.0 Å². The zero-order chi connectivity index (χ0) is 22.1. The van der Waals surface area contributed by atoms with E-state index >= 15 is 0 Å². The van der Waals surface area contributed by atoms with Crippen LogP contribution in [-0.2, 0) is 31.0 Å². The first-order valence-electron chi connectivity index (χ1n) is 10.3. The molecule has 1 unspecified atom stereocenters. The Labute approximate surface area is 181 Å². The van der Waals surface area contributed by atoms with Gasteiger partial charge in [-0.2, -0.15) is 0 Å². The van der Waals surface area contributed by atoms with Crippen LogP contribution in [-0.4, -0.2) is 28.4 Å². The van der Waals surface area contributed by atoms with Crippen LogP contribution in [0.2, 0.25) is 0 Å². The number of aliphatic hydroxyl groups excluding tert-OH is 2. The average Bonchev–Trinajstić information content (AvgIpc) is 2.78. The van der Waals surface area contributed by atoms with Gasteiger partial charge in [-0.1, -0.05) is 48.5 Å². The fraction of sp³-hybridized carbons (Fsp3) is 0.280. The summed E-state index contributed by atoms with van der Waals surface area (Å²) in [6.07, 6.45) is 0.0507. The molecular formula is C25H28FNO4. The quantitative estimate of drug-likeness (QED) is 0.353. The molecule has 5 nitrogen and oxygen atoms in total. The lowest BCUT2D eigenvalue weighted by Gasteiger charge is -2.14. The van der Waals surface area contributed by atoms with E-state index in [4.69, 9.17) is 4.74 Å². The minimum atomic E-state index is -0.732. The Morgan fingerprint density at radius 2 is 1.71 bits per heavy atom. The standard InChI is InChI=1S/C25H28FNO4/c26-23-7-2-1-6-21(23)17-31-16-19-5-3-4-18(12-19)10-11-27-14-25(30)20-8-9-24(29)22(13-20)15-28/h1-9,12-13,25,27-30H,10-11,14-17H2. The number of hydrogen-bond donors (Lipinski definition) is 4. The number of rotatable bonds is 11. The molecule has 0 radical (unpaired) electrons. The minimum Gasteiger partial charge on any atom is -0.508 e. The molecule has 1 atom stereocenters. The normalized spacial score (nSPS) is 12.1. The molecular weight excluding hydrogens is 397 g/mol. The molecule has 0 saturated carbocycles. The van der Waals surface area contributed by atoms with Crippen molar-refractivity contribution in [2.75, 3.05) is 13.1 Å². The maximum Gasteiger partial charge on any atom is 0.128 e. The van der Waals surface area contributed by atoms with Crippen molar-refractivity contribution in [2.24, 2.45) is 0 Å². The van der Waals surface area contributed by atoms with Crippen LogP contribution in [0.3, 0.4) is 0 Å². The second kappa shape index (κ2) is 11.6. The van der Waals surface area contributed by atoms with Gasteiger partial charge < -0.3 is 25.4 Å². The van der Waals surface area contributed by atoms with Gasteiger partial charge in [-0.3, -0.25) is 0 Å². The van der Waals surface area contributed by atoms with E-state index < -0.39 is 6.10 Å². The summed E-state index contributed by atoms with van der Waals surface area (Å²) < 4.78 is 19.3. The lowest BCUT2D eigenvalue weighted by Crippen LogP contribution is -2.23. The van der Waals surface area contributed by atoms with Crippen LogP contribution in [0.1, 0.15) is 33.9 Å². The largest absolute Gasteiger partial charge is 0.508 e. The molecule has 0 saturated heterocycles. The number of phenols is 1. The van der Waals surface area contributed by atoms with E-state index in [0.29, 0.717) is 36.4 Å². The summed E-state index contributed by atoms with van der Waals surface area (Å²) in [5, 5.41) is 32.4. The smallest absolute Gasteiger partial charge is 0.128 e. The summed E-state index contributed by atoms with van der Waals surface area (Å²) in [6, 6.07) is 19.4. The van der Waals surface area contributed by atoms with Gasteiger partial charge in [-0.25, -0.2) is 4.39 Å². The van der Waals surface area contributed by atoms with E-state index in [9.17, 15) is 19.7 Å². The molecule has 0 aliphatic carbocycles. The Hall–Kier alpha value is -2.77. The molecule has 0 aliphatic heterocycles. The Morgan fingerprint density at radius 3 is 2.52 bits per heavy atom. The predicted molar refractivity (Wildman–Crippen MR) is 117 cm³/mol. The van der Waals surface area contributed by atoms with Crippen molar-refractivity contribution in [1.82, 2.24) is 5.32 Å². The van der Waals surface area contributed by atoms with Gasteiger partial charge in [-0.05, 0) is 47.9 Å². The van der Waals surface area contributed by atoms with Crippen molar-refractivity contribution in [2.45, 2.75) is 32.3 Å². The van der Waals surface area contributed by atoms with Crippen LogP contribution in [0.25, 0.3) is 0 Å². The third-order valence-electron chi connectivity index (χ3n) is 5.06. The fourth-order valence-corrected chi connectivity index (χ4v) is 3.30. The van der Waals surface area contributed by atoms with Gasteiger partial charge in [0, 0.05) is 17.7 Å². The highest BCUT2D eigenvalue weighted by atomic mass is 19.1. The SMILES string of the molecule is OCc1cc(C(O)CNCCc2cccc(COCc3ccccc3F)c2)ccc1O. The molecule has 164 valence electrons. The molecule has 3 aromatic rings. The van der Waals surface area contributed by atoms with Gasteiger partial charge in [0.2, 0.25) is 0 Å². The molecule has 4 N–H and O–H groups in total. The number of hydrogen-bond acceptors (Lipinski definition) is 5.